The normalized spacial score (nSPS) is 12.6. The molecule has 0 unspecified atom stereocenters. The maximum absolute atomic E-state index is 10.7. The van der Waals surface area contributed by atoms with Crippen LogP contribution >= 0.6 is 69.6 Å². The quantitative estimate of drug-likeness (QED) is 0.417. The second kappa shape index (κ2) is 5.11. The molecule has 1 aromatic rings. The van der Waals surface area contributed by atoms with Crippen molar-refractivity contribution in [2.24, 2.45) is 0 Å². The van der Waals surface area contributed by atoms with Gasteiger partial charge < -0.3 is 0 Å². The number of aromatic nitrogens is 1. The van der Waals surface area contributed by atoms with Gasteiger partial charge in [-0.2, -0.15) is 0 Å². The van der Waals surface area contributed by atoms with Crippen LogP contribution in [-0.4, -0.2) is 9.91 Å². The summed E-state index contributed by atoms with van der Waals surface area (Å²) in [5, 5.41) is 10.7. The number of alkyl halides is 6. The minimum atomic E-state index is -2.02. The molecule has 0 aromatic carbocycles. The average molecular weight is 359 g/mol. The smallest absolute Gasteiger partial charge is 0.258 e. The van der Waals surface area contributed by atoms with Gasteiger partial charge in [-0.1, -0.05) is 69.6 Å². The lowest BCUT2D eigenvalue weighted by Gasteiger charge is -2.15. The van der Waals surface area contributed by atoms with Crippen LogP contribution in [0.3, 0.4) is 0 Å². The highest BCUT2D eigenvalue weighted by Gasteiger charge is 2.35. The molecule has 0 saturated carbocycles. The molecule has 94 valence electrons. The summed E-state index contributed by atoms with van der Waals surface area (Å²) >= 11 is 33.5. The third-order valence-electron chi connectivity index (χ3n) is 1.68. The highest BCUT2D eigenvalue weighted by Crippen LogP contribution is 2.45. The zero-order valence-electron chi connectivity index (χ0n) is 7.63. The summed E-state index contributed by atoms with van der Waals surface area (Å²) < 4.78 is -3.88. The van der Waals surface area contributed by atoms with Crippen LogP contribution in [0.5, 0.6) is 0 Å². The van der Waals surface area contributed by atoms with Crippen molar-refractivity contribution in [3.05, 3.63) is 33.6 Å². The molecule has 0 fully saturated rings. The molecule has 10 heteroatoms. The number of halogens is 6. The van der Waals surface area contributed by atoms with Crippen LogP contribution < -0.4 is 0 Å². The van der Waals surface area contributed by atoms with Crippen molar-refractivity contribution >= 4 is 75.3 Å². The van der Waals surface area contributed by atoms with E-state index in [0.717, 1.165) is 12.3 Å². The number of hydrogen-bond acceptors (Lipinski definition) is 3. The van der Waals surface area contributed by atoms with Gasteiger partial charge in [0.1, 0.15) is 6.20 Å². The van der Waals surface area contributed by atoms with Gasteiger partial charge in [0.2, 0.25) is 7.59 Å². The molecule has 0 N–H and O–H groups in total. The van der Waals surface area contributed by atoms with Crippen molar-refractivity contribution in [1.82, 2.24) is 4.98 Å². The predicted molar refractivity (Wildman–Crippen MR) is 69.4 cm³/mol. The minimum Gasteiger partial charge on any atom is -0.258 e. The van der Waals surface area contributed by atoms with E-state index in [1.807, 2.05) is 0 Å². The van der Waals surface area contributed by atoms with Crippen molar-refractivity contribution in [3.8, 4) is 0 Å². The van der Waals surface area contributed by atoms with Gasteiger partial charge in [-0.3, -0.25) is 10.1 Å². The largest absolute Gasteiger partial charge is 0.295 e. The van der Waals surface area contributed by atoms with Crippen molar-refractivity contribution in [2.45, 2.75) is 7.59 Å². The van der Waals surface area contributed by atoms with Gasteiger partial charge >= 0.3 is 0 Å². The van der Waals surface area contributed by atoms with E-state index in [0.29, 0.717) is 0 Å². The van der Waals surface area contributed by atoms with E-state index >= 15 is 0 Å². The number of hydrogen-bond donors (Lipinski definition) is 0. The summed E-state index contributed by atoms with van der Waals surface area (Å²) in [6.07, 6.45) is 0.869. The zero-order chi connectivity index (χ0) is 13.4. The van der Waals surface area contributed by atoms with E-state index < -0.39 is 18.2 Å². The summed E-state index contributed by atoms with van der Waals surface area (Å²) in [6, 6.07) is 1.07. The van der Waals surface area contributed by atoms with Crippen LogP contribution in [0.15, 0.2) is 12.3 Å². The third kappa shape index (κ3) is 3.88. The number of rotatable bonds is 1. The van der Waals surface area contributed by atoms with E-state index in [1.165, 1.54) is 0 Å². The van der Waals surface area contributed by atoms with E-state index in [4.69, 9.17) is 69.6 Å². The molecule has 17 heavy (non-hydrogen) atoms. The third-order valence-corrected chi connectivity index (χ3v) is 2.87. The summed E-state index contributed by atoms with van der Waals surface area (Å²) in [4.78, 5) is 13.6. The van der Waals surface area contributed by atoms with Crippen LogP contribution in [-0.2, 0) is 7.59 Å². The van der Waals surface area contributed by atoms with E-state index in [9.17, 15) is 10.1 Å². The molecule has 0 bridgehead atoms. The Balaban J connectivity index is 3.46. The fourth-order valence-corrected chi connectivity index (χ4v) is 1.74. The maximum Gasteiger partial charge on any atom is 0.295 e. The van der Waals surface area contributed by atoms with Crippen LogP contribution in [0.2, 0.25) is 0 Å². The second-order valence-corrected chi connectivity index (χ2v) is 7.40. The van der Waals surface area contributed by atoms with Crippen molar-refractivity contribution < 1.29 is 4.92 Å². The van der Waals surface area contributed by atoms with Crippen molar-refractivity contribution in [2.75, 3.05) is 0 Å². The maximum atomic E-state index is 10.7. The molecule has 0 saturated heterocycles. The Labute approximate surface area is 126 Å². The molecular formula is C7H2Cl6N2O2. The highest BCUT2D eigenvalue weighted by molar-refractivity contribution is 6.67. The zero-order valence-corrected chi connectivity index (χ0v) is 12.2. The molecule has 0 atom stereocenters. The number of nitrogens with zero attached hydrogens (tertiary/aromatic N) is 2. The molecule has 0 aliphatic rings. The first-order valence-corrected chi connectivity index (χ1v) is 6.09. The van der Waals surface area contributed by atoms with Crippen LogP contribution in [0.1, 0.15) is 11.3 Å². The predicted octanol–water partition coefficient (Wildman–Crippen LogP) is 4.64. The first-order chi connectivity index (χ1) is 7.53. The van der Waals surface area contributed by atoms with Gasteiger partial charge in [-0.05, 0) is 6.07 Å². The summed E-state index contributed by atoms with van der Waals surface area (Å²) in [7, 11) is 0. The van der Waals surface area contributed by atoms with Crippen LogP contribution in [0, 0.1) is 10.1 Å². The van der Waals surface area contributed by atoms with Crippen LogP contribution in [0.4, 0.5) is 5.69 Å². The van der Waals surface area contributed by atoms with Gasteiger partial charge in [-0.25, -0.2) is 4.98 Å². The van der Waals surface area contributed by atoms with Gasteiger partial charge in [-0.15, -0.1) is 0 Å². The lowest BCUT2D eigenvalue weighted by molar-refractivity contribution is -0.385. The molecule has 4 nitrogen and oxygen atoms in total. The van der Waals surface area contributed by atoms with E-state index in [2.05, 4.69) is 4.98 Å². The van der Waals surface area contributed by atoms with Gasteiger partial charge in [0, 0.05) is 0 Å². The Morgan fingerprint density at radius 3 is 2.00 bits per heavy atom. The Bertz CT molecular complexity index is 453. The van der Waals surface area contributed by atoms with Gasteiger partial charge in [0.15, 0.2) is 0 Å². The summed E-state index contributed by atoms with van der Waals surface area (Å²) in [5.74, 6) is 0. The number of pyridine rings is 1. The van der Waals surface area contributed by atoms with Gasteiger partial charge in [0.05, 0.1) is 16.2 Å². The number of nitro groups is 1. The first-order valence-electron chi connectivity index (χ1n) is 3.82. The van der Waals surface area contributed by atoms with Crippen molar-refractivity contribution in [1.29, 1.82) is 0 Å². The highest BCUT2D eigenvalue weighted by atomic mass is 35.6. The molecular weight excluding hydrogens is 357 g/mol. The Hall–Kier alpha value is 0.290. The molecule has 0 amide bonds. The Morgan fingerprint density at radius 1 is 1.12 bits per heavy atom. The first kappa shape index (κ1) is 15.3. The molecule has 1 rings (SSSR count). The molecule has 0 spiro atoms. The van der Waals surface area contributed by atoms with Crippen LogP contribution in [0.25, 0.3) is 0 Å². The Kier molecular flexibility index (Phi) is 4.62. The minimum absolute atomic E-state index is 0.0746. The lowest BCUT2D eigenvalue weighted by atomic mass is 10.2. The summed E-state index contributed by atoms with van der Waals surface area (Å²) in [5.41, 5.74) is -0.763. The van der Waals surface area contributed by atoms with E-state index in [1.54, 1.807) is 0 Å². The standard InChI is InChI=1S/C7H2Cl6N2O2/c8-6(9,10)3-1-5(7(11,12)13)14-2-4(3)15(16)17/h1-2H. The lowest BCUT2D eigenvalue weighted by Crippen LogP contribution is -2.11. The molecule has 1 aromatic heterocycles. The average Bonchev–Trinajstić information content (AvgIpc) is 2.14. The second-order valence-electron chi connectivity index (χ2n) is 2.84. The van der Waals surface area contributed by atoms with Gasteiger partial charge in [0.25, 0.3) is 5.69 Å². The summed E-state index contributed by atoms with van der Waals surface area (Å²) in [6.45, 7) is 0. The van der Waals surface area contributed by atoms with Crippen molar-refractivity contribution in [3.63, 3.8) is 0 Å². The molecule has 0 radical (unpaired) electrons. The molecule has 1 heterocycles. The monoisotopic (exact) mass is 356 g/mol. The SMILES string of the molecule is O=[N+]([O-])c1cnc(C(Cl)(Cl)Cl)cc1C(Cl)(Cl)Cl. The molecule has 0 aliphatic carbocycles. The fourth-order valence-electron chi connectivity index (χ4n) is 0.976. The van der Waals surface area contributed by atoms with E-state index in [-0.39, 0.29) is 11.3 Å². The topological polar surface area (TPSA) is 56.0 Å². The fraction of sp³-hybridized carbons (Fsp3) is 0.286. The molecule has 0 aliphatic heterocycles. The Morgan fingerprint density at radius 2 is 1.65 bits per heavy atom.